The second kappa shape index (κ2) is 14.0. The highest BCUT2D eigenvalue weighted by atomic mass is 16.4. The average molecular weight is 495 g/mol. The van der Waals surface area contributed by atoms with Gasteiger partial charge in [0.2, 0.25) is 17.7 Å². The van der Waals surface area contributed by atoms with Gasteiger partial charge in [-0.1, -0.05) is 44.2 Å². The number of carboxylic acid groups (broad SMARTS) is 2. The molecule has 0 aromatic heterocycles. The first kappa shape index (κ1) is 29.5. The third-order valence-corrected chi connectivity index (χ3v) is 5.07. The molecular weight excluding hydrogens is 460 g/mol. The van der Waals surface area contributed by atoms with E-state index in [1.165, 1.54) is 6.92 Å². The van der Waals surface area contributed by atoms with E-state index in [-0.39, 0.29) is 18.8 Å². The number of aliphatic carboxylic acids is 2. The zero-order valence-electron chi connectivity index (χ0n) is 19.9. The molecule has 0 heterocycles. The van der Waals surface area contributed by atoms with Crippen LogP contribution in [0.4, 0.5) is 0 Å². The lowest BCUT2D eigenvalue weighted by molar-refractivity contribution is -0.147. The molecule has 1 aromatic rings. The Morgan fingerprint density at radius 2 is 1.34 bits per heavy atom. The van der Waals surface area contributed by atoms with Crippen LogP contribution in [0.25, 0.3) is 0 Å². The molecule has 3 amide bonds. The van der Waals surface area contributed by atoms with Crippen molar-refractivity contribution in [2.45, 2.75) is 70.3 Å². The van der Waals surface area contributed by atoms with Crippen molar-refractivity contribution in [1.82, 2.24) is 16.0 Å². The number of benzene rings is 1. The second-order valence-corrected chi connectivity index (χ2v) is 8.71. The molecule has 0 spiro atoms. The van der Waals surface area contributed by atoms with Crippen LogP contribution < -0.4 is 21.7 Å². The number of carbonyl (C=O) groups is 5. The van der Waals surface area contributed by atoms with Gasteiger partial charge in [0.1, 0.15) is 24.2 Å². The van der Waals surface area contributed by atoms with Crippen LogP contribution in [0.15, 0.2) is 30.3 Å². The summed E-state index contributed by atoms with van der Waals surface area (Å²) >= 11 is 0. The number of amides is 3. The van der Waals surface area contributed by atoms with E-state index < -0.39 is 66.4 Å². The Bertz CT molecular complexity index is 891. The zero-order valence-corrected chi connectivity index (χ0v) is 19.9. The van der Waals surface area contributed by atoms with Gasteiger partial charge < -0.3 is 37.0 Å². The van der Waals surface area contributed by atoms with Gasteiger partial charge in [-0.2, -0.15) is 0 Å². The van der Waals surface area contributed by atoms with E-state index in [2.05, 4.69) is 16.0 Å². The predicted molar refractivity (Wildman–Crippen MR) is 125 cm³/mol. The molecule has 0 aliphatic heterocycles. The smallest absolute Gasteiger partial charge is 0.326 e. The van der Waals surface area contributed by atoms with Crippen molar-refractivity contribution in [3.8, 4) is 0 Å². The maximum Gasteiger partial charge on any atom is 0.326 e. The number of carbonyl (C=O) groups excluding carboxylic acids is 3. The van der Waals surface area contributed by atoms with Gasteiger partial charge in [0, 0.05) is 6.42 Å². The van der Waals surface area contributed by atoms with Crippen LogP contribution >= 0.6 is 0 Å². The SMILES string of the molecule is CC(C)CC(NC(=O)C(Cc1ccccc1)NC(=O)C(N)C(C)O)C(=O)NC(CC(=O)O)C(=O)O. The summed E-state index contributed by atoms with van der Waals surface area (Å²) < 4.78 is 0. The van der Waals surface area contributed by atoms with Crippen molar-refractivity contribution >= 4 is 29.7 Å². The monoisotopic (exact) mass is 494 g/mol. The first-order chi connectivity index (χ1) is 16.3. The van der Waals surface area contributed by atoms with E-state index in [1.807, 2.05) is 0 Å². The molecule has 194 valence electrons. The zero-order chi connectivity index (χ0) is 26.7. The molecule has 0 aliphatic rings. The topological polar surface area (TPSA) is 208 Å². The van der Waals surface area contributed by atoms with E-state index in [9.17, 15) is 34.2 Å². The first-order valence-corrected chi connectivity index (χ1v) is 11.1. The fraction of sp³-hybridized carbons (Fsp3) is 0.522. The van der Waals surface area contributed by atoms with Crippen molar-refractivity contribution in [2.24, 2.45) is 11.7 Å². The van der Waals surface area contributed by atoms with Crippen LogP contribution in [-0.4, -0.2) is 75.3 Å². The summed E-state index contributed by atoms with van der Waals surface area (Å²) in [6.07, 6.45) is -1.83. The summed E-state index contributed by atoms with van der Waals surface area (Å²) in [5.41, 5.74) is 6.38. The Morgan fingerprint density at radius 3 is 1.83 bits per heavy atom. The average Bonchev–Trinajstić information content (AvgIpc) is 2.76. The summed E-state index contributed by atoms with van der Waals surface area (Å²) in [5.74, 6) is -5.41. The number of hydrogen-bond donors (Lipinski definition) is 7. The van der Waals surface area contributed by atoms with Crippen molar-refractivity contribution in [3.63, 3.8) is 0 Å². The molecule has 1 rings (SSSR count). The van der Waals surface area contributed by atoms with Gasteiger partial charge in [0.25, 0.3) is 0 Å². The number of aliphatic hydroxyl groups is 1. The van der Waals surface area contributed by atoms with Gasteiger partial charge in [0.15, 0.2) is 0 Å². The summed E-state index contributed by atoms with van der Waals surface area (Å²) in [5, 5.41) is 34.9. The minimum Gasteiger partial charge on any atom is -0.481 e. The Hall–Kier alpha value is -3.51. The maximum atomic E-state index is 13.1. The van der Waals surface area contributed by atoms with Gasteiger partial charge in [-0.25, -0.2) is 4.79 Å². The Labute approximate surface area is 203 Å². The largest absolute Gasteiger partial charge is 0.481 e. The molecule has 0 saturated heterocycles. The highest BCUT2D eigenvalue weighted by Crippen LogP contribution is 2.09. The van der Waals surface area contributed by atoms with Gasteiger partial charge in [0.05, 0.1) is 12.5 Å². The van der Waals surface area contributed by atoms with E-state index in [1.54, 1.807) is 44.2 Å². The van der Waals surface area contributed by atoms with Crippen LogP contribution in [-0.2, 0) is 30.4 Å². The minimum atomic E-state index is -1.68. The van der Waals surface area contributed by atoms with Gasteiger partial charge in [-0.05, 0) is 24.8 Å². The van der Waals surface area contributed by atoms with Crippen LogP contribution in [0, 0.1) is 5.92 Å². The van der Waals surface area contributed by atoms with Crippen LogP contribution in [0.3, 0.4) is 0 Å². The molecule has 12 nitrogen and oxygen atoms in total. The second-order valence-electron chi connectivity index (χ2n) is 8.71. The summed E-state index contributed by atoms with van der Waals surface area (Å²) in [7, 11) is 0. The standard InChI is InChI=1S/C23H34N4O8/c1-12(2)9-15(20(31)27-17(23(34)35)11-18(29)30)25-21(32)16(10-14-7-5-4-6-8-14)26-22(33)19(24)13(3)28/h4-8,12-13,15-17,19,28H,9-11,24H2,1-3H3,(H,25,32)(H,26,33)(H,27,31)(H,29,30)(H,34,35). The lowest BCUT2D eigenvalue weighted by atomic mass is 10.00. The van der Waals surface area contributed by atoms with Gasteiger partial charge >= 0.3 is 11.9 Å². The van der Waals surface area contributed by atoms with Crippen LogP contribution in [0.5, 0.6) is 0 Å². The molecule has 0 fully saturated rings. The molecular formula is C23H34N4O8. The van der Waals surface area contributed by atoms with Crippen LogP contribution in [0.1, 0.15) is 39.2 Å². The molecule has 5 unspecified atom stereocenters. The number of aliphatic hydroxyl groups excluding tert-OH is 1. The Kier molecular flexibility index (Phi) is 11.8. The highest BCUT2D eigenvalue weighted by molar-refractivity contribution is 5.94. The van der Waals surface area contributed by atoms with E-state index in [4.69, 9.17) is 10.8 Å². The minimum absolute atomic E-state index is 0.0533. The molecule has 1 aromatic carbocycles. The molecule has 0 radical (unpaired) electrons. The summed E-state index contributed by atoms with van der Waals surface area (Å²) in [4.78, 5) is 60.7. The third kappa shape index (κ3) is 10.5. The molecule has 5 atom stereocenters. The normalized spacial score (nSPS) is 15.3. The number of nitrogens with two attached hydrogens (primary N) is 1. The highest BCUT2D eigenvalue weighted by Gasteiger charge is 2.32. The molecule has 0 saturated carbocycles. The van der Waals surface area contributed by atoms with E-state index in [0.717, 1.165) is 0 Å². The number of rotatable bonds is 14. The lowest BCUT2D eigenvalue weighted by Crippen LogP contribution is -2.58. The Morgan fingerprint density at radius 1 is 0.829 bits per heavy atom. The first-order valence-electron chi connectivity index (χ1n) is 11.1. The number of hydrogen-bond acceptors (Lipinski definition) is 7. The lowest BCUT2D eigenvalue weighted by Gasteiger charge is -2.26. The van der Waals surface area contributed by atoms with Gasteiger partial charge in [-0.15, -0.1) is 0 Å². The van der Waals surface area contributed by atoms with Crippen molar-refractivity contribution in [1.29, 1.82) is 0 Å². The number of carboxylic acids is 2. The Balaban J connectivity index is 3.11. The number of nitrogens with one attached hydrogen (secondary N) is 3. The van der Waals surface area contributed by atoms with E-state index in [0.29, 0.717) is 5.56 Å². The fourth-order valence-electron chi connectivity index (χ4n) is 3.17. The molecule has 0 bridgehead atoms. The van der Waals surface area contributed by atoms with Crippen molar-refractivity contribution < 1.29 is 39.3 Å². The maximum absolute atomic E-state index is 13.1. The predicted octanol–water partition coefficient (Wildman–Crippen LogP) is -1.00. The van der Waals surface area contributed by atoms with Crippen molar-refractivity contribution in [3.05, 3.63) is 35.9 Å². The summed E-state index contributed by atoms with van der Waals surface area (Å²) in [6, 6.07) is 3.42. The van der Waals surface area contributed by atoms with E-state index >= 15 is 0 Å². The van der Waals surface area contributed by atoms with Gasteiger partial charge in [-0.3, -0.25) is 19.2 Å². The molecule has 12 heteroatoms. The van der Waals surface area contributed by atoms with Crippen LogP contribution in [0.2, 0.25) is 0 Å². The molecule has 8 N–H and O–H groups in total. The quantitative estimate of drug-likeness (QED) is 0.169. The molecule has 35 heavy (non-hydrogen) atoms. The fourth-order valence-corrected chi connectivity index (χ4v) is 3.17. The van der Waals surface area contributed by atoms with Crippen molar-refractivity contribution in [2.75, 3.05) is 0 Å². The summed E-state index contributed by atoms with van der Waals surface area (Å²) in [6.45, 7) is 4.89. The third-order valence-electron chi connectivity index (χ3n) is 5.07. The molecule has 0 aliphatic carbocycles.